The lowest BCUT2D eigenvalue weighted by molar-refractivity contribution is 0.102. The third kappa shape index (κ3) is 7.44. The number of anilines is 5. The second-order valence-electron chi connectivity index (χ2n) is 8.45. The van der Waals surface area contributed by atoms with E-state index in [2.05, 4.69) is 32.8 Å². The van der Waals surface area contributed by atoms with Crippen molar-refractivity contribution in [1.29, 1.82) is 0 Å². The number of aryl methyl sites for hydroxylation is 1. The molecule has 0 atom stereocenters. The Balaban J connectivity index is 1.35. The number of ether oxygens (including phenoxy) is 2. The van der Waals surface area contributed by atoms with Gasteiger partial charge in [-0.05, 0) is 86.1 Å². The largest absolute Gasteiger partial charge is 0.497 e. The van der Waals surface area contributed by atoms with Gasteiger partial charge in [0.15, 0.2) is 0 Å². The molecule has 4 aromatic rings. The van der Waals surface area contributed by atoms with Gasteiger partial charge in [-0.2, -0.15) is 4.98 Å². The first-order valence-corrected chi connectivity index (χ1v) is 12.2. The molecule has 1 aromatic heterocycles. The van der Waals surface area contributed by atoms with Crippen molar-refractivity contribution in [2.45, 2.75) is 26.7 Å². The molecule has 0 saturated heterocycles. The quantitative estimate of drug-likeness (QED) is 0.198. The van der Waals surface area contributed by atoms with Gasteiger partial charge in [0, 0.05) is 34.4 Å². The lowest BCUT2D eigenvalue weighted by atomic mass is 10.2. The van der Waals surface area contributed by atoms with Gasteiger partial charge in [-0.25, -0.2) is 4.98 Å². The standard InChI is InChI=1S/C29H31N5O3/c1-4-5-18-37-26-14-6-21(7-15-26)28(35)32-23-8-10-24(11-9-23)33-29-30-20(2)19-27(34-29)31-22-12-16-25(36-3)17-13-22/h6-17,19H,4-5,18H2,1-3H3,(H,32,35)(H2,30,31,33,34). The minimum atomic E-state index is -0.183. The summed E-state index contributed by atoms with van der Waals surface area (Å²) in [4.78, 5) is 21.7. The van der Waals surface area contributed by atoms with E-state index in [1.165, 1.54) is 0 Å². The summed E-state index contributed by atoms with van der Waals surface area (Å²) < 4.78 is 10.9. The van der Waals surface area contributed by atoms with Gasteiger partial charge >= 0.3 is 0 Å². The van der Waals surface area contributed by atoms with Gasteiger partial charge in [0.1, 0.15) is 17.3 Å². The molecule has 0 bridgehead atoms. The number of nitrogens with one attached hydrogen (secondary N) is 3. The maximum atomic E-state index is 12.6. The van der Waals surface area contributed by atoms with Crippen LogP contribution >= 0.6 is 0 Å². The molecule has 0 fully saturated rings. The van der Waals surface area contributed by atoms with Crippen LogP contribution in [-0.4, -0.2) is 29.6 Å². The molecule has 0 saturated carbocycles. The van der Waals surface area contributed by atoms with Gasteiger partial charge in [-0.3, -0.25) is 4.79 Å². The van der Waals surface area contributed by atoms with Gasteiger partial charge in [0.2, 0.25) is 5.95 Å². The van der Waals surface area contributed by atoms with E-state index in [0.29, 0.717) is 29.6 Å². The second kappa shape index (κ2) is 12.4. The average Bonchev–Trinajstić information content (AvgIpc) is 2.90. The number of nitrogens with zero attached hydrogens (tertiary/aromatic N) is 2. The van der Waals surface area contributed by atoms with E-state index in [1.54, 1.807) is 19.2 Å². The number of carbonyl (C=O) groups excluding carboxylic acids is 1. The van der Waals surface area contributed by atoms with Crippen molar-refractivity contribution in [1.82, 2.24) is 9.97 Å². The Morgan fingerprint density at radius 3 is 2.11 bits per heavy atom. The van der Waals surface area contributed by atoms with Crippen LogP contribution in [0.5, 0.6) is 11.5 Å². The molecule has 3 N–H and O–H groups in total. The average molecular weight is 498 g/mol. The van der Waals surface area contributed by atoms with E-state index >= 15 is 0 Å². The number of rotatable bonds is 11. The first kappa shape index (κ1) is 25.5. The monoisotopic (exact) mass is 497 g/mol. The zero-order chi connectivity index (χ0) is 26.0. The fraction of sp³-hybridized carbons (Fsp3) is 0.207. The van der Waals surface area contributed by atoms with Gasteiger partial charge in [-0.15, -0.1) is 0 Å². The topological polar surface area (TPSA) is 97.4 Å². The Kier molecular flexibility index (Phi) is 8.54. The van der Waals surface area contributed by atoms with Crippen LogP contribution in [0.3, 0.4) is 0 Å². The van der Waals surface area contributed by atoms with Crippen molar-refractivity contribution in [2.24, 2.45) is 0 Å². The van der Waals surface area contributed by atoms with Crippen LogP contribution in [0, 0.1) is 6.92 Å². The Morgan fingerprint density at radius 2 is 1.43 bits per heavy atom. The number of hydrogen-bond donors (Lipinski definition) is 3. The minimum Gasteiger partial charge on any atom is -0.497 e. The number of methoxy groups -OCH3 is 1. The molecule has 37 heavy (non-hydrogen) atoms. The number of unbranched alkanes of at least 4 members (excludes halogenated alkanes) is 1. The Morgan fingerprint density at radius 1 is 0.811 bits per heavy atom. The van der Waals surface area contributed by atoms with Crippen LogP contribution in [-0.2, 0) is 0 Å². The van der Waals surface area contributed by atoms with E-state index in [-0.39, 0.29) is 5.91 Å². The van der Waals surface area contributed by atoms with E-state index < -0.39 is 0 Å². The van der Waals surface area contributed by atoms with Crippen LogP contribution in [0.2, 0.25) is 0 Å². The molecular weight excluding hydrogens is 466 g/mol. The van der Waals surface area contributed by atoms with Crippen LogP contribution in [0.25, 0.3) is 0 Å². The fourth-order valence-electron chi connectivity index (χ4n) is 3.52. The van der Waals surface area contributed by atoms with Crippen molar-refractivity contribution >= 4 is 34.7 Å². The molecule has 4 rings (SSSR count). The summed E-state index contributed by atoms with van der Waals surface area (Å²) in [6, 6.07) is 24.0. The molecule has 0 aliphatic rings. The van der Waals surface area contributed by atoms with E-state index in [1.807, 2.05) is 73.7 Å². The predicted molar refractivity (Wildman–Crippen MR) is 148 cm³/mol. The molecule has 0 radical (unpaired) electrons. The van der Waals surface area contributed by atoms with Crippen molar-refractivity contribution in [3.63, 3.8) is 0 Å². The van der Waals surface area contributed by atoms with Gasteiger partial charge < -0.3 is 25.4 Å². The van der Waals surface area contributed by atoms with Gasteiger partial charge in [-0.1, -0.05) is 13.3 Å². The van der Waals surface area contributed by atoms with E-state index in [4.69, 9.17) is 9.47 Å². The lowest BCUT2D eigenvalue weighted by Crippen LogP contribution is -2.11. The van der Waals surface area contributed by atoms with E-state index in [9.17, 15) is 4.79 Å². The molecule has 0 spiro atoms. The maximum Gasteiger partial charge on any atom is 0.255 e. The highest BCUT2D eigenvalue weighted by molar-refractivity contribution is 6.04. The summed E-state index contributed by atoms with van der Waals surface area (Å²) in [6.07, 6.45) is 2.08. The molecule has 190 valence electrons. The Bertz CT molecular complexity index is 1310. The highest BCUT2D eigenvalue weighted by Crippen LogP contribution is 2.22. The number of amides is 1. The summed E-state index contributed by atoms with van der Waals surface area (Å²) in [5, 5.41) is 9.42. The molecule has 8 nitrogen and oxygen atoms in total. The molecule has 0 aliphatic heterocycles. The van der Waals surface area contributed by atoms with Gasteiger partial charge in [0.25, 0.3) is 5.91 Å². The van der Waals surface area contributed by atoms with Crippen molar-refractivity contribution in [2.75, 3.05) is 29.7 Å². The summed E-state index contributed by atoms with van der Waals surface area (Å²) in [5.74, 6) is 2.51. The maximum absolute atomic E-state index is 12.6. The van der Waals surface area contributed by atoms with Crippen molar-refractivity contribution in [3.8, 4) is 11.5 Å². The normalized spacial score (nSPS) is 10.5. The minimum absolute atomic E-state index is 0.183. The third-order valence-electron chi connectivity index (χ3n) is 5.50. The summed E-state index contributed by atoms with van der Waals surface area (Å²) in [7, 11) is 1.64. The molecule has 8 heteroatoms. The molecule has 1 heterocycles. The molecule has 0 aliphatic carbocycles. The summed E-state index contributed by atoms with van der Waals surface area (Å²) >= 11 is 0. The molecular formula is C29H31N5O3. The Hall–Kier alpha value is -4.59. The number of aromatic nitrogens is 2. The van der Waals surface area contributed by atoms with Crippen molar-refractivity contribution < 1.29 is 14.3 Å². The summed E-state index contributed by atoms with van der Waals surface area (Å²) in [6.45, 7) is 4.71. The van der Waals surface area contributed by atoms with E-state index in [0.717, 1.165) is 41.4 Å². The number of carbonyl (C=O) groups is 1. The van der Waals surface area contributed by atoms with Crippen molar-refractivity contribution in [3.05, 3.63) is 90.1 Å². The molecule has 0 unspecified atom stereocenters. The predicted octanol–water partition coefficient (Wildman–Crippen LogP) is 6.71. The smallest absolute Gasteiger partial charge is 0.255 e. The van der Waals surface area contributed by atoms with Crippen LogP contribution in [0.4, 0.5) is 28.8 Å². The Labute approximate surface area is 217 Å². The zero-order valence-electron chi connectivity index (χ0n) is 21.2. The molecule has 3 aromatic carbocycles. The third-order valence-corrected chi connectivity index (χ3v) is 5.50. The molecule has 1 amide bonds. The SMILES string of the molecule is CCCCOc1ccc(C(=O)Nc2ccc(Nc3nc(C)cc(Nc4ccc(OC)cc4)n3)cc2)cc1. The summed E-state index contributed by atoms with van der Waals surface area (Å²) in [5.41, 5.74) is 3.76. The highest BCUT2D eigenvalue weighted by Gasteiger charge is 2.08. The van der Waals surface area contributed by atoms with Crippen LogP contribution in [0.15, 0.2) is 78.9 Å². The number of hydrogen-bond acceptors (Lipinski definition) is 7. The van der Waals surface area contributed by atoms with Crippen LogP contribution in [0.1, 0.15) is 35.8 Å². The first-order chi connectivity index (χ1) is 18.0. The zero-order valence-corrected chi connectivity index (χ0v) is 21.2. The number of benzene rings is 3. The fourth-order valence-corrected chi connectivity index (χ4v) is 3.52. The second-order valence-corrected chi connectivity index (χ2v) is 8.45. The van der Waals surface area contributed by atoms with Gasteiger partial charge in [0.05, 0.1) is 13.7 Å². The van der Waals surface area contributed by atoms with Crippen LogP contribution < -0.4 is 25.4 Å². The first-order valence-electron chi connectivity index (χ1n) is 12.2. The highest BCUT2D eigenvalue weighted by atomic mass is 16.5. The lowest BCUT2D eigenvalue weighted by Gasteiger charge is -2.11.